The molecule has 1 heterocycles. The van der Waals surface area contributed by atoms with Gasteiger partial charge in [-0.15, -0.1) is 11.8 Å². The summed E-state index contributed by atoms with van der Waals surface area (Å²) in [5, 5.41) is 0.976. The van der Waals surface area contributed by atoms with Crippen molar-refractivity contribution in [2.75, 3.05) is 26.4 Å². The Bertz CT molecular complexity index is 1020. The second kappa shape index (κ2) is 8.09. The number of benzene rings is 2. The van der Waals surface area contributed by atoms with E-state index in [1.54, 1.807) is 30.1 Å². The summed E-state index contributed by atoms with van der Waals surface area (Å²) in [5.41, 5.74) is 1.85. The van der Waals surface area contributed by atoms with Gasteiger partial charge in [-0.25, -0.2) is 12.4 Å². The van der Waals surface area contributed by atoms with Crippen LogP contribution in [-0.4, -0.2) is 43.7 Å². The molecule has 0 aliphatic heterocycles. The highest BCUT2D eigenvalue weighted by Crippen LogP contribution is 2.32. The van der Waals surface area contributed by atoms with Gasteiger partial charge in [0.1, 0.15) is 0 Å². The third-order valence-electron chi connectivity index (χ3n) is 4.54. The number of nitrogens with zero attached hydrogens (tertiary/aromatic N) is 2. The quantitative estimate of drug-likeness (QED) is 0.539. The Morgan fingerprint density at radius 1 is 1.04 bits per heavy atom. The van der Waals surface area contributed by atoms with Crippen molar-refractivity contribution in [2.24, 2.45) is 0 Å². The van der Waals surface area contributed by atoms with E-state index in [0.29, 0.717) is 10.8 Å². The van der Waals surface area contributed by atoms with Gasteiger partial charge in [0.05, 0.1) is 10.4 Å². The minimum atomic E-state index is -3.64. The summed E-state index contributed by atoms with van der Waals surface area (Å²) in [6.07, 6.45) is 1.76. The van der Waals surface area contributed by atoms with Crippen molar-refractivity contribution in [1.29, 1.82) is 0 Å². The predicted molar refractivity (Wildman–Crippen MR) is 114 cm³/mol. The lowest BCUT2D eigenvalue weighted by molar-refractivity contribution is 0.437. The van der Waals surface area contributed by atoms with E-state index in [2.05, 4.69) is 18.7 Å². The third kappa shape index (κ3) is 4.23. The van der Waals surface area contributed by atoms with Crippen molar-refractivity contribution in [3.8, 4) is 0 Å². The first-order valence-corrected chi connectivity index (χ1v) is 11.5. The summed E-state index contributed by atoms with van der Waals surface area (Å²) >= 11 is 1.69. The number of rotatable bonds is 7. The maximum Gasteiger partial charge on any atom is 0.268 e. The predicted octanol–water partition coefficient (Wildman–Crippen LogP) is 4.66. The molecule has 0 aliphatic rings. The smallest absolute Gasteiger partial charge is 0.268 e. The summed E-state index contributed by atoms with van der Waals surface area (Å²) in [4.78, 5) is 3.44. The van der Waals surface area contributed by atoms with Gasteiger partial charge in [0.25, 0.3) is 10.0 Å². The molecule has 0 saturated carbocycles. The molecule has 0 atom stereocenters. The number of hydrogen-bond donors (Lipinski definition) is 0. The topological polar surface area (TPSA) is 42.3 Å². The van der Waals surface area contributed by atoms with E-state index in [1.807, 2.05) is 50.5 Å². The molecule has 0 N–H and O–H groups in total. The van der Waals surface area contributed by atoms with Gasteiger partial charge in [-0.1, -0.05) is 44.2 Å². The van der Waals surface area contributed by atoms with Crippen molar-refractivity contribution >= 4 is 32.7 Å². The van der Waals surface area contributed by atoms with Gasteiger partial charge in [0, 0.05) is 28.8 Å². The fourth-order valence-corrected chi connectivity index (χ4v) is 5.53. The van der Waals surface area contributed by atoms with E-state index in [0.717, 1.165) is 33.7 Å². The van der Waals surface area contributed by atoms with Gasteiger partial charge in [-0.2, -0.15) is 0 Å². The Labute approximate surface area is 166 Å². The lowest BCUT2D eigenvalue weighted by Crippen LogP contribution is -2.14. The van der Waals surface area contributed by atoms with Crippen LogP contribution in [0.2, 0.25) is 0 Å². The first-order valence-electron chi connectivity index (χ1n) is 9.04. The second-order valence-corrected chi connectivity index (χ2v) is 10.1. The molecule has 0 radical (unpaired) electrons. The molecule has 3 rings (SSSR count). The van der Waals surface area contributed by atoms with Crippen LogP contribution in [0.3, 0.4) is 0 Å². The van der Waals surface area contributed by atoms with Crippen LogP contribution in [0.1, 0.15) is 25.3 Å². The normalized spacial score (nSPS) is 12.4. The lowest BCUT2D eigenvalue weighted by Gasteiger charge is -2.10. The highest BCUT2D eigenvalue weighted by Gasteiger charge is 2.21. The van der Waals surface area contributed by atoms with Gasteiger partial charge >= 0.3 is 0 Å². The van der Waals surface area contributed by atoms with Crippen LogP contribution in [0.15, 0.2) is 64.5 Å². The minimum Gasteiger partial charge on any atom is -0.309 e. The number of aromatic nitrogens is 1. The average molecular weight is 403 g/mol. The van der Waals surface area contributed by atoms with Crippen molar-refractivity contribution < 1.29 is 8.42 Å². The molecule has 3 aromatic rings. The molecule has 2 aromatic carbocycles. The number of fused-ring (bicyclic) bond motifs is 1. The fraction of sp³-hybridized carbons (Fsp3) is 0.333. The highest BCUT2D eigenvalue weighted by atomic mass is 32.2. The van der Waals surface area contributed by atoms with Crippen molar-refractivity contribution in [3.63, 3.8) is 0 Å². The molecular weight excluding hydrogens is 376 g/mol. The maximum absolute atomic E-state index is 13.3. The zero-order valence-electron chi connectivity index (χ0n) is 16.2. The molecule has 0 amide bonds. The molecule has 0 aliphatic carbocycles. The maximum atomic E-state index is 13.3. The highest BCUT2D eigenvalue weighted by molar-refractivity contribution is 7.99. The van der Waals surface area contributed by atoms with Crippen LogP contribution < -0.4 is 0 Å². The standard InChI is InChI=1S/C21H26N2O2S2/c1-16(2)17-9-11-18(12-10-17)27(24,25)23-15-21(26-14-13-22(3)4)19-7-5-6-8-20(19)23/h5-12,15-16H,13-14H2,1-4H3. The third-order valence-corrected chi connectivity index (χ3v) is 7.25. The largest absolute Gasteiger partial charge is 0.309 e. The van der Waals surface area contributed by atoms with Crippen LogP contribution >= 0.6 is 11.8 Å². The second-order valence-electron chi connectivity index (χ2n) is 7.19. The van der Waals surface area contributed by atoms with E-state index in [1.165, 1.54) is 3.97 Å². The molecular formula is C21H26N2O2S2. The molecule has 6 heteroatoms. The molecule has 0 unspecified atom stereocenters. The van der Waals surface area contributed by atoms with Gasteiger partial charge in [-0.3, -0.25) is 0 Å². The van der Waals surface area contributed by atoms with E-state index < -0.39 is 10.0 Å². The number of hydrogen-bond acceptors (Lipinski definition) is 4. The summed E-state index contributed by atoms with van der Waals surface area (Å²) in [5.74, 6) is 1.28. The van der Waals surface area contributed by atoms with Crippen LogP contribution in [0, 0.1) is 0 Å². The Morgan fingerprint density at radius 2 is 1.70 bits per heavy atom. The molecule has 144 valence electrons. The molecule has 27 heavy (non-hydrogen) atoms. The Hall–Kier alpha value is -1.76. The molecule has 0 fully saturated rings. The fourth-order valence-electron chi connectivity index (χ4n) is 2.91. The number of thioether (sulfide) groups is 1. The van der Waals surface area contributed by atoms with Crippen LogP contribution in [-0.2, 0) is 10.0 Å². The summed E-state index contributed by atoms with van der Waals surface area (Å²) in [7, 11) is 0.438. The van der Waals surface area contributed by atoms with Crippen molar-refractivity contribution in [2.45, 2.75) is 29.6 Å². The SMILES string of the molecule is CC(C)c1ccc(S(=O)(=O)n2cc(SCCN(C)C)c3ccccc32)cc1. The Morgan fingerprint density at radius 3 is 2.33 bits per heavy atom. The molecule has 0 saturated heterocycles. The molecule has 4 nitrogen and oxygen atoms in total. The van der Waals surface area contributed by atoms with Crippen LogP contribution in [0.5, 0.6) is 0 Å². The van der Waals surface area contributed by atoms with E-state index in [4.69, 9.17) is 0 Å². The van der Waals surface area contributed by atoms with Crippen molar-refractivity contribution in [3.05, 3.63) is 60.3 Å². The Kier molecular flexibility index (Phi) is 5.99. The van der Waals surface area contributed by atoms with Crippen LogP contribution in [0.25, 0.3) is 10.9 Å². The number of para-hydroxylation sites is 1. The van der Waals surface area contributed by atoms with Gasteiger partial charge in [-0.05, 0) is 43.8 Å². The van der Waals surface area contributed by atoms with Crippen molar-refractivity contribution in [1.82, 2.24) is 8.87 Å². The van der Waals surface area contributed by atoms with Crippen LogP contribution in [0.4, 0.5) is 0 Å². The molecule has 1 aromatic heterocycles. The molecule has 0 spiro atoms. The lowest BCUT2D eigenvalue weighted by atomic mass is 10.0. The van der Waals surface area contributed by atoms with E-state index in [-0.39, 0.29) is 0 Å². The van der Waals surface area contributed by atoms with Gasteiger partial charge in [0.15, 0.2) is 0 Å². The molecule has 0 bridgehead atoms. The summed E-state index contributed by atoms with van der Waals surface area (Å²) in [6.45, 7) is 5.13. The van der Waals surface area contributed by atoms with E-state index in [9.17, 15) is 8.42 Å². The van der Waals surface area contributed by atoms with E-state index >= 15 is 0 Å². The monoisotopic (exact) mass is 402 g/mol. The minimum absolute atomic E-state index is 0.317. The summed E-state index contributed by atoms with van der Waals surface area (Å²) < 4.78 is 28.0. The average Bonchev–Trinajstić information content (AvgIpc) is 3.01. The zero-order chi connectivity index (χ0) is 19.6. The van der Waals surface area contributed by atoms with Gasteiger partial charge in [0.2, 0.25) is 0 Å². The first kappa shape index (κ1) is 20.0. The Balaban J connectivity index is 2.02. The first-order chi connectivity index (χ1) is 12.8. The summed E-state index contributed by atoms with van der Waals surface area (Å²) in [6, 6.07) is 14.9. The van der Waals surface area contributed by atoms with Gasteiger partial charge < -0.3 is 4.90 Å². The zero-order valence-corrected chi connectivity index (χ0v) is 17.8.